The Morgan fingerprint density at radius 2 is 1.75 bits per heavy atom. The zero-order valence-corrected chi connectivity index (χ0v) is 8.94. The molecule has 0 fully saturated rings. The molecular formula is C14H10N2. The topological polar surface area (TPSA) is 9.29 Å². The smallest absolute Gasteiger partial charge is 0.189 e. The average molecular weight is 206 g/mol. The minimum Gasteiger partial charge on any atom is -0.345 e. The fourth-order valence-corrected chi connectivity index (χ4v) is 2.22. The summed E-state index contributed by atoms with van der Waals surface area (Å²) < 4.78 is 2.14. The lowest BCUT2D eigenvalue weighted by molar-refractivity contribution is 1.01. The van der Waals surface area contributed by atoms with Gasteiger partial charge in [-0.1, -0.05) is 30.3 Å². The Morgan fingerprint density at radius 1 is 1.00 bits per heavy atom. The van der Waals surface area contributed by atoms with E-state index in [0.29, 0.717) is 5.69 Å². The van der Waals surface area contributed by atoms with Crippen molar-refractivity contribution < 1.29 is 0 Å². The summed E-state index contributed by atoms with van der Waals surface area (Å²) in [5.74, 6) is 0. The van der Waals surface area contributed by atoms with Gasteiger partial charge in [-0.3, -0.25) is 0 Å². The lowest BCUT2D eigenvalue weighted by atomic mass is 10.1. The Kier molecular flexibility index (Phi) is 1.75. The summed E-state index contributed by atoms with van der Waals surface area (Å²) in [6, 6.07) is 14.2. The van der Waals surface area contributed by atoms with Gasteiger partial charge in [0.15, 0.2) is 5.69 Å². The molecule has 3 aromatic rings. The number of hydrogen-bond donors (Lipinski definition) is 0. The highest BCUT2D eigenvalue weighted by Crippen LogP contribution is 2.30. The normalized spacial score (nSPS) is 10.8. The Labute approximate surface area is 93.5 Å². The molecule has 1 aromatic heterocycles. The first-order chi connectivity index (χ1) is 7.81. The third-order valence-electron chi connectivity index (χ3n) is 3.03. The molecule has 0 aliphatic heterocycles. The lowest BCUT2D eigenvalue weighted by Crippen LogP contribution is -1.85. The van der Waals surface area contributed by atoms with Crippen LogP contribution in [0.25, 0.3) is 26.7 Å². The van der Waals surface area contributed by atoms with Crippen LogP contribution < -0.4 is 0 Å². The van der Waals surface area contributed by atoms with Gasteiger partial charge in [-0.15, -0.1) is 0 Å². The van der Waals surface area contributed by atoms with E-state index in [1.165, 1.54) is 16.3 Å². The number of rotatable bonds is 0. The summed E-state index contributed by atoms with van der Waals surface area (Å²) in [6.45, 7) is 7.04. The molecule has 2 aromatic carbocycles. The first-order valence-electron chi connectivity index (χ1n) is 5.16. The van der Waals surface area contributed by atoms with Gasteiger partial charge < -0.3 is 4.57 Å². The van der Waals surface area contributed by atoms with Crippen molar-refractivity contribution in [3.63, 3.8) is 0 Å². The lowest BCUT2D eigenvalue weighted by Gasteiger charge is -1.97. The van der Waals surface area contributed by atoms with Crippen molar-refractivity contribution >= 4 is 27.5 Å². The van der Waals surface area contributed by atoms with Gasteiger partial charge in [-0.05, 0) is 12.1 Å². The molecule has 0 unspecified atom stereocenters. The van der Waals surface area contributed by atoms with Gasteiger partial charge in [-0.25, -0.2) is 4.85 Å². The molecule has 0 spiro atoms. The predicted molar refractivity (Wildman–Crippen MR) is 66.7 cm³/mol. The number of nitrogens with zero attached hydrogens (tertiary/aromatic N) is 2. The fraction of sp³-hybridized carbons (Fsp3) is 0.0714. The first kappa shape index (κ1) is 8.99. The van der Waals surface area contributed by atoms with Crippen LogP contribution in [0.4, 0.5) is 5.69 Å². The van der Waals surface area contributed by atoms with Crippen LogP contribution in [0.2, 0.25) is 0 Å². The van der Waals surface area contributed by atoms with Gasteiger partial charge in [0.05, 0.1) is 6.57 Å². The zero-order chi connectivity index (χ0) is 11.1. The summed E-state index contributed by atoms with van der Waals surface area (Å²) in [4.78, 5) is 3.47. The van der Waals surface area contributed by atoms with Crippen molar-refractivity contribution in [3.05, 3.63) is 53.9 Å². The molecule has 0 atom stereocenters. The van der Waals surface area contributed by atoms with Crippen LogP contribution >= 0.6 is 0 Å². The summed E-state index contributed by atoms with van der Waals surface area (Å²) in [5, 5.41) is 2.46. The number of fused-ring (bicyclic) bond motifs is 3. The van der Waals surface area contributed by atoms with E-state index in [4.69, 9.17) is 6.57 Å². The van der Waals surface area contributed by atoms with E-state index >= 15 is 0 Å². The van der Waals surface area contributed by atoms with Crippen LogP contribution in [0.3, 0.4) is 0 Å². The third-order valence-corrected chi connectivity index (χ3v) is 3.03. The van der Waals surface area contributed by atoms with E-state index in [-0.39, 0.29) is 0 Å². The Hall–Kier alpha value is -2.27. The minimum absolute atomic E-state index is 0.693. The van der Waals surface area contributed by atoms with E-state index in [9.17, 15) is 0 Å². The maximum atomic E-state index is 7.04. The van der Waals surface area contributed by atoms with Gasteiger partial charge in [-0.2, -0.15) is 0 Å². The molecule has 0 aliphatic rings. The van der Waals surface area contributed by atoms with Gasteiger partial charge >= 0.3 is 0 Å². The van der Waals surface area contributed by atoms with Crippen molar-refractivity contribution in [1.29, 1.82) is 0 Å². The number of aryl methyl sites for hydroxylation is 1. The highest BCUT2D eigenvalue weighted by molar-refractivity contribution is 6.08. The van der Waals surface area contributed by atoms with Gasteiger partial charge in [0.2, 0.25) is 0 Å². The van der Waals surface area contributed by atoms with Crippen LogP contribution in [0.15, 0.2) is 42.5 Å². The number of benzene rings is 2. The monoisotopic (exact) mass is 206 g/mol. The van der Waals surface area contributed by atoms with E-state index in [0.717, 1.165) is 5.52 Å². The highest BCUT2D eigenvalue weighted by Gasteiger charge is 2.07. The van der Waals surface area contributed by atoms with Gasteiger partial charge in [0.25, 0.3) is 0 Å². The standard InChI is InChI=1S/C14H10N2/c1-15-10-7-8-12-11-5-3-4-6-13(11)16(2)14(12)9-10/h3-9H,2H3. The predicted octanol–water partition coefficient (Wildman–Crippen LogP) is 3.88. The minimum atomic E-state index is 0.693. The Morgan fingerprint density at radius 3 is 2.56 bits per heavy atom. The molecule has 0 amide bonds. The van der Waals surface area contributed by atoms with E-state index in [2.05, 4.69) is 21.5 Å². The quantitative estimate of drug-likeness (QED) is 0.494. The molecule has 0 saturated heterocycles. The summed E-state index contributed by atoms with van der Waals surface area (Å²) in [5.41, 5.74) is 3.02. The second-order valence-electron chi connectivity index (χ2n) is 3.89. The molecule has 2 heteroatoms. The van der Waals surface area contributed by atoms with Crippen molar-refractivity contribution in [2.45, 2.75) is 0 Å². The van der Waals surface area contributed by atoms with Gasteiger partial charge in [0, 0.05) is 28.9 Å². The molecule has 2 nitrogen and oxygen atoms in total. The molecule has 0 aliphatic carbocycles. The average Bonchev–Trinajstić information content (AvgIpc) is 2.64. The van der Waals surface area contributed by atoms with E-state index < -0.39 is 0 Å². The molecule has 0 N–H and O–H groups in total. The molecule has 0 radical (unpaired) electrons. The van der Waals surface area contributed by atoms with Crippen LogP contribution in [0.1, 0.15) is 0 Å². The van der Waals surface area contributed by atoms with E-state index in [1.807, 2.05) is 37.4 Å². The molecule has 0 bridgehead atoms. The van der Waals surface area contributed by atoms with Crippen molar-refractivity contribution in [2.75, 3.05) is 0 Å². The molecule has 1 heterocycles. The largest absolute Gasteiger partial charge is 0.345 e. The number of hydrogen-bond acceptors (Lipinski definition) is 0. The number of para-hydroxylation sites is 1. The summed E-state index contributed by atoms with van der Waals surface area (Å²) >= 11 is 0. The van der Waals surface area contributed by atoms with Crippen LogP contribution in [0.5, 0.6) is 0 Å². The Balaban J connectivity index is 2.57. The SMILES string of the molecule is [C-]#[N+]c1ccc2c3ccccc3n(C)c2c1. The molecular weight excluding hydrogens is 196 g/mol. The first-order valence-corrected chi connectivity index (χ1v) is 5.16. The van der Waals surface area contributed by atoms with Crippen molar-refractivity contribution in [3.8, 4) is 0 Å². The molecule has 16 heavy (non-hydrogen) atoms. The van der Waals surface area contributed by atoms with Crippen molar-refractivity contribution in [1.82, 2.24) is 4.57 Å². The molecule has 3 rings (SSSR count). The van der Waals surface area contributed by atoms with Gasteiger partial charge in [0.1, 0.15) is 0 Å². The van der Waals surface area contributed by atoms with E-state index in [1.54, 1.807) is 0 Å². The van der Waals surface area contributed by atoms with Crippen molar-refractivity contribution in [2.24, 2.45) is 7.05 Å². The highest BCUT2D eigenvalue weighted by atomic mass is 14.9. The Bertz CT molecular complexity index is 729. The number of aromatic nitrogens is 1. The maximum absolute atomic E-state index is 7.04. The summed E-state index contributed by atoms with van der Waals surface area (Å²) in [7, 11) is 2.04. The van der Waals surface area contributed by atoms with Crippen LogP contribution in [-0.4, -0.2) is 4.57 Å². The fourth-order valence-electron chi connectivity index (χ4n) is 2.22. The maximum Gasteiger partial charge on any atom is 0.189 e. The summed E-state index contributed by atoms with van der Waals surface area (Å²) in [6.07, 6.45) is 0. The second-order valence-corrected chi connectivity index (χ2v) is 3.89. The molecule has 0 saturated carbocycles. The van der Waals surface area contributed by atoms with Crippen LogP contribution in [-0.2, 0) is 7.05 Å². The second kappa shape index (κ2) is 3.11. The zero-order valence-electron chi connectivity index (χ0n) is 8.94. The third kappa shape index (κ3) is 1.06. The van der Waals surface area contributed by atoms with Crippen LogP contribution in [0, 0.1) is 6.57 Å². The molecule has 76 valence electrons.